The molecule has 14 aromatic rings. The van der Waals surface area contributed by atoms with Crippen molar-refractivity contribution in [2.45, 2.75) is 0 Å². The van der Waals surface area contributed by atoms with Crippen LogP contribution in [0.15, 0.2) is 261 Å². The number of hydrogen-bond donors (Lipinski definition) is 0. The van der Waals surface area contributed by atoms with Gasteiger partial charge in [0.15, 0.2) is 19.7 Å². The summed E-state index contributed by atoms with van der Waals surface area (Å²) in [6.07, 6.45) is 0. The second kappa shape index (κ2) is 16.9. The van der Waals surface area contributed by atoms with Crippen LogP contribution in [0.5, 0.6) is 0 Å². The summed E-state index contributed by atoms with van der Waals surface area (Å²) in [5.74, 6) is 2.61. The third-order valence-corrected chi connectivity index (χ3v) is 19.0. The third kappa shape index (κ3) is 6.43. The van der Waals surface area contributed by atoms with Crippen molar-refractivity contribution >= 4 is 78.5 Å². The molecule has 0 aliphatic carbocycles. The van der Waals surface area contributed by atoms with Gasteiger partial charge in [0.1, 0.15) is 0 Å². The zero-order valence-corrected chi connectivity index (χ0v) is 40.0. The van der Waals surface area contributed by atoms with E-state index in [1.54, 1.807) is 0 Å². The Morgan fingerprint density at radius 2 is 0.833 bits per heavy atom. The Morgan fingerprint density at radius 3 is 1.51 bits per heavy atom. The van der Waals surface area contributed by atoms with Gasteiger partial charge in [-0.25, -0.2) is 9.97 Å². The molecule has 0 atom stereocenters. The van der Waals surface area contributed by atoms with E-state index < -0.39 is 8.07 Å². The van der Waals surface area contributed by atoms with Crippen LogP contribution >= 0.6 is 0 Å². The monoisotopic (exact) mass is 937 g/mol. The molecule has 0 saturated carbocycles. The van der Waals surface area contributed by atoms with E-state index in [0.717, 1.165) is 77.6 Å². The predicted octanol–water partition coefficient (Wildman–Crippen LogP) is 12.1. The molecule has 338 valence electrons. The molecule has 0 spiro atoms. The van der Waals surface area contributed by atoms with Crippen molar-refractivity contribution in [2.24, 2.45) is 0 Å². The van der Waals surface area contributed by atoms with E-state index in [9.17, 15) is 0 Å². The van der Waals surface area contributed by atoms with Crippen LogP contribution in [0, 0.1) is 0 Å². The van der Waals surface area contributed by atoms with E-state index in [-0.39, 0.29) is 0 Å². The Balaban J connectivity index is 1.02. The summed E-state index contributed by atoms with van der Waals surface area (Å²) in [4.78, 5) is 21.5. The van der Waals surface area contributed by atoms with Gasteiger partial charge in [-0.15, -0.1) is 0 Å². The number of nitrogens with zero attached hydrogens (tertiary/aromatic N) is 7. The number of benzene rings is 10. The summed E-state index contributed by atoms with van der Waals surface area (Å²) < 4.78 is 6.83. The van der Waals surface area contributed by atoms with Crippen LogP contribution in [0.1, 0.15) is 0 Å². The molecule has 7 nitrogen and oxygen atoms in total. The summed E-state index contributed by atoms with van der Waals surface area (Å²) >= 11 is 0. The molecule has 0 N–H and O–H groups in total. The highest BCUT2D eigenvalue weighted by Gasteiger charge is 2.41. The largest absolute Gasteiger partial charge is 0.278 e. The minimum absolute atomic E-state index is 0.543. The predicted molar refractivity (Wildman–Crippen MR) is 297 cm³/mol. The normalized spacial score (nSPS) is 11.9. The number of fused-ring (bicyclic) bond motifs is 8. The van der Waals surface area contributed by atoms with Crippen LogP contribution in [0.4, 0.5) is 0 Å². The zero-order chi connectivity index (χ0) is 47.6. The SMILES string of the molecule is c1ccc(-c2nc(-c3cccc([Si](c4ccccc4)(c4ccccc4)c4ccccc4)c3)nc(-n3c4ccccc4c4c(-c5cccc6c5n5c7ccccc7nc5n6-c5ccccc5)cccc43)n2)cc1. The smallest absolute Gasteiger partial charge is 0.238 e. The average molecular weight is 938 g/mol. The lowest BCUT2D eigenvalue weighted by molar-refractivity contribution is 0.953. The molecule has 14 rings (SSSR count). The molecule has 0 aliphatic rings. The zero-order valence-electron chi connectivity index (χ0n) is 39.0. The molecule has 72 heavy (non-hydrogen) atoms. The Hall–Kier alpha value is -9.50. The van der Waals surface area contributed by atoms with Crippen molar-refractivity contribution in [3.63, 3.8) is 0 Å². The lowest BCUT2D eigenvalue weighted by Crippen LogP contribution is -2.74. The summed E-state index contributed by atoms with van der Waals surface area (Å²) in [6.45, 7) is 0. The highest BCUT2D eigenvalue weighted by atomic mass is 28.3. The fourth-order valence-corrected chi connectivity index (χ4v) is 16.0. The third-order valence-electron chi connectivity index (χ3n) is 14.3. The van der Waals surface area contributed by atoms with E-state index in [0.29, 0.717) is 17.6 Å². The van der Waals surface area contributed by atoms with Crippen LogP contribution in [-0.4, -0.2) is 41.5 Å². The van der Waals surface area contributed by atoms with Gasteiger partial charge in [-0.05, 0) is 68.8 Å². The van der Waals surface area contributed by atoms with Crippen molar-refractivity contribution in [2.75, 3.05) is 0 Å². The van der Waals surface area contributed by atoms with Crippen LogP contribution in [-0.2, 0) is 0 Å². The minimum Gasteiger partial charge on any atom is -0.278 e. The first-order valence-corrected chi connectivity index (χ1v) is 26.3. The highest BCUT2D eigenvalue weighted by Crippen LogP contribution is 2.42. The number of imidazole rings is 2. The van der Waals surface area contributed by atoms with Crippen LogP contribution in [0.25, 0.3) is 95.2 Å². The minimum atomic E-state index is -2.87. The van der Waals surface area contributed by atoms with Crippen molar-refractivity contribution in [1.29, 1.82) is 0 Å². The molecule has 0 unspecified atom stereocenters. The van der Waals surface area contributed by atoms with Gasteiger partial charge in [-0.1, -0.05) is 218 Å². The van der Waals surface area contributed by atoms with E-state index in [1.807, 2.05) is 18.2 Å². The summed E-state index contributed by atoms with van der Waals surface area (Å²) in [6, 6.07) is 93.1. The van der Waals surface area contributed by atoms with Crippen molar-refractivity contribution < 1.29 is 0 Å². The second-order valence-corrected chi connectivity index (χ2v) is 22.0. The van der Waals surface area contributed by atoms with Gasteiger partial charge in [-0.3, -0.25) is 13.5 Å². The van der Waals surface area contributed by atoms with Crippen molar-refractivity contribution in [1.82, 2.24) is 33.5 Å². The fraction of sp³-hybridized carbons (Fsp3) is 0. The van der Waals surface area contributed by atoms with E-state index in [4.69, 9.17) is 19.9 Å². The first-order valence-electron chi connectivity index (χ1n) is 24.3. The molecule has 0 amide bonds. The molecular formula is C64H43N7Si. The summed E-state index contributed by atoms with van der Waals surface area (Å²) in [5, 5.41) is 7.36. The topological polar surface area (TPSA) is 65.8 Å². The number of rotatable bonds is 9. The van der Waals surface area contributed by atoms with E-state index >= 15 is 0 Å². The molecule has 0 fully saturated rings. The van der Waals surface area contributed by atoms with E-state index in [2.05, 4.69) is 256 Å². The van der Waals surface area contributed by atoms with Crippen LogP contribution in [0.2, 0.25) is 0 Å². The first-order chi connectivity index (χ1) is 35.7. The van der Waals surface area contributed by atoms with Gasteiger partial charge in [-0.2, -0.15) is 9.97 Å². The Labute approximate surface area is 416 Å². The molecule has 0 saturated heterocycles. The van der Waals surface area contributed by atoms with Gasteiger partial charge < -0.3 is 0 Å². The Morgan fingerprint density at radius 1 is 0.333 bits per heavy atom. The maximum absolute atomic E-state index is 5.51. The number of hydrogen-bond acceptors (Lipinski definition) is 4. The average Bonchev–Trinajstić information content (AvgIpc) is 4.12. The molecule has 0 radical (unpaired) electrons. The summed E-state index contributed by atoms with van der Waals surface area (Å²) in [5.41, 5.74) is 11.2. The van der Waals surface area contributed by atoms with Crippen LogP contribution in [0.3, 0.4) is 0 Å². The molecule has 0 bridgehead atoms. The standard InChI is InChI=1S/C64H43N7Si/c1-6-23-44(24-7-1)61-66-62(45-25-20-34-50(43-45)72(47-28-10-3-11-29-47,48-30-12-4-13-31-48)49-32-14-5-15-33-49)68-63(67-61)70-55-39-18-16-35-53(55)59-51(36-21-41-57(59)70)52-37-22-42-58-60(52)71-56-40-19-17-38-54(56)65-64(71)69(58)46-26-8-2-9-27-46/h1-43H. The second-order valence-electron chi connectivity index (χ2n) is 18.2. The van der Waals surface area contributed by atoms with Gasteiger partial charge in [0.2, 0.25) is 11.7 Å². The molecule has 4 aromatic heterocycles. The number of para-hydroxylation sites is 5. The van der Waals surface area contributed by atoms with Gasteiger partial charge in [0, 0.05) is 33.2 Å². The van der Waals surface area contributed by atoms with Gasteiger partial charge in [0.05, 0.1) is 33.1 Å². The van der Waals surface area contributed by atoms with E-state index in [1.165, 1.54) is 20.7 Å². The highest BCUT2D eigenvalue weighted by molar-refractivity contribution is 7.19. The first kappa shape index (κ1) is 41.5. The molecular weight excluding hydrogens is 895 g/mol. The fourth-order valence-electron chi connectivity index (χ4n) is 11.2. The Bertz CT molecular complexity index is 4220. The van der Waals surface area contributed by atoms with Crippen molar-refractivity contribution in [3.05, 3.63) is 261 Å². The lowest BCUT2D eigenvalue weighted by atomic mass is 9.98. The lowest BCUT2D eigenvalue weighted by Gasteiger charge is -2.34. The van der Waals surface area contributed by atoms with Crippen molar-refractivity contribution in [3.8, 4) is 45.5 Å². The molecule has 8 heteroatoms. The summed E-state index contributed by atoms with van der Waals surface area (Å²) in [7, 11) is -2.87. The molecule has 0 aliphatic heterocycles. The number of aromatic nitrogens is 7. The Kier molecular flexibility index (Phi) is 9.72. The quantitative estimate of drug-likeness (QED) is 0.107. The van der Waals surface area contributed by atoms with Gasteiger partial charge >= 0.3 is 0 Å². The van der Waals surface area contributed by atoms with Crippen LogP contribution < -0.4 is 20.7 Å². The maximum atomic E-state index is 5.51. The maximum Gasteiger partial charge on any atom is 0.238 e. The van der Waals surface area contributed by atoms with Gasteiger partial charge in [0.25, 0.3) is 0 Å². The molecule has 10 aromatic carbocycles. The molecule has 4 heterocycles.